The zero-order valence-electron chi connectivity index (χ0n) is 32.6. The van der Waals surface area contributed by atoms with Crippen LogP contribution in [-0.4, -0.2) is 23.9 Å². The van der Waals surface area contributed by atoms with Crippen LogP contribution in [-0.2, 0) is 30.3 Å². The van der Waals surface area contributed by atoms with Crippen LogP contribution in [0.4, 0.5) is 0 Å². The number of ketones is 1. The van der Waals surface area contributed by atoms with Gasteiger partial charge < -0.3 is 5.11 Å². The van der Waals surface area contributed by atoms with E-state index < -0.39 is 8.07 Å². The number of rotatable bonds is 9. The first kappa shape index (κ1) is 36.6. The van der Waals surface area contributed by atoms with Gasteiger partial charge in [-0.15, -0.1) is 40.5 Å². The van der Waals surface area contributed by atoms with E-state index >= 15 is 0 Å². The van der Waals surface area contributed by atoms with Crippen molar-refractivity contribution in [1.29, 1.82) is 0 Å². The Hall–Kier alpha value is -2.63. The summed E-state index contributed by atoms with van der Waals surface area (Å²) in [6.07, 6.45) is 4.93. The van der Waals surface area contributed by atoms with Gasteiger partial charge in [-0.05, 0) is 55.0 Å². The van der Waals surface area contributed by atoms with Gasteiger partial charge in [-0.3, -0.25) is 9.78 Å². The number of aryl methyl sites for hydroxylation is 1. The van der Waals surface area contributed by atoms with Gasteiger partial charge in [0.15, 0.2) is 5.78 Å². The van der Waals surface area contributed by atoms with Crippen molar-refractivity contribution in [2.24, 2.45) is 11.8 Å². The number of pyridine rings is 1. The van der Waals surface area contributed by atoms with Crippen LogP contribution in [0.3, 0.4) is 0 Å². The molecule has 0 bridgehead atoms. The molecule has 0 aliphatic rings. The molecule has 0 saturated heterocycles. The van der Waals surface area contributed by atoms with Gasteiger partial charge in [0.2, 0.25) is 0 Å². The Kier molecular flexibility index (Phi) is 12.5. The monoisotopic (exact) mass is 859 g/mol. The SMILES string of the molecule is CCC(CC)C(=O)/C=C(\O)C(CC)CC.[2H]c1nc(-c2[c-]c3ccccc3c(C(C)(C)C)c2)c2sc3c(C)c([Si](C)(C)C)ccc3c2c1[2H].[Ir]. The van der Waals surface area contributed by atoms with E-state index in [1.165, 1.54) is 32.5 Å². The molecule has 0 aliphatic heterocycles. The largest absolute Gasteiger partial charge is 0.512 e. The van der Waals surface area contributed by atoms with E-state index in [1.54, 1.807) is 11.3 Å². The third-order valence-corrected chi connectivity index (χ3v) is 12.9. The third-order valence-electron chi connectivity index (χ3n) is 9.40. The van der Waals surface area contributed by atoms with Gasteiger partial charge in [0.25, 0.3) is 0 Å². The predicted octanol–water partition coefficient (Wildman–Crippen LogP) is 12.1. The first-order valence-electron chi connectivity index (χ1n) is 18.2. The van der Waals surface area contributed by atoms with Crippen molar-refractivity contribution < 1.29 is 32.7 Å². The molecule has 5 aromatic rings. The number of fused-ring (bicyclic) bond motifs is 4. The fourth-order valence-electron chi connectivity index (χ4n) is 6.53. The molecular formula is C42H54IrNO2SSi-. The molecule has 0 atom stereocenters. The number of hydrogen-bond acceptors (Lipinski definition) is 4. The second-order valence-corrected chi connectivity index (χ2v) is 20.8. The van der Waals surface area contributed by atoms with Gasteiger partial charge >= 0.3 is 0 Å². The van der Waals surface area contributed by atoms with E-state index in [1.807, 2.05) is 33.8 Å². The molecule has 0 aliphatic carbocycles. The van der Waals surface area contributed by atoms with E-state index in [-0.39, 0.29) is 61.1 Å². The summed E-state index contributed by atoms with van der Waals surface area (Å²) in [7, 11) is -1.50. The predicted molar refractivity (Wildman–Crippen MR) is 209 cm³/mol. The second kappa shape index (κ2) is 16.4. The first-order chi connectivity index (χ1) is 23.0. The van der Waals surface area contributed by atoms with Crippen molar-refractivity contribution in [3.63, 3.8) is 0 Å². The van der Waals surface area contributed by atoms with Crippen LogP contribution < -0.4 is 5.19 Å². The molecule has 3 aromatic carbocycles. The summed E-state index contributed by atoms with van der Waals surface area (Å²) in [5, 5.41) is 15.4. The van der Waals surface area contributed by atoms with Gasteiger partial charge in [0, 0.05) is 64.7 Å². The topological polar surface area (TPSA) is 50.2 Å². The molecule has 1 radical (unpaired) electrons. The third kappa shape index (κ3) is 8.56. The average molecular weight is 859 g/mol. The average Bonchev–Trinajstić information content (AvgIpc) is 3.44. The number of carbonyl (C=O) groups is 1. The zero-order valence-corrected chi connectivity index (χ0v) is 34.9. The fraction of sp³-hybridized carbons (Fsp3) is 0.429. The van der Waals surface area contributed by atoms with E-state index in [4.69, 9.17) is 2.74 Å². The van der Waals surface area contributed by atoms with Crippen LogP contribution in [0, 0.1) is 24.8 Å². The number of allylic oxidation sites excluding steroid dienone is 2. The molecule has 1 N–H and O–H groups in total. The van der Waals surface area contributed by atoms with Crippen molar-refractivity contribution in [3.8, 4) is 11.3 Å². The molecular weight excluding hydrogens is 803 g/mol. The van der Waals surface area contributed by atoms with Crippen molar-refractivity contribution in [1.82, 2.24) is 4.98 Å². The summed E-state index contributed by atoms with van der Waals surface area (Å²) in [5.74, 6) is 0.547. The van der Waals surface area contributed by atoms with E-state index in [0.717, 1.165) is 57.8 Å². The maximum absolute atomic E-state index is 11.7. The Balaban J connectivity index is 0.000000361. The van der Waals surface area contributed by atoms with Crippen LogP contribution in [0.1, 0.15) is 88.0 Å². The molecule has 2 heterocycles. The van der Waals surface area contributed by atoms with Crippen LogP contribution in [0.25, 0.3) is 42.2 Å². The van der Waals surface area contributed by atoms with Crippen molar-refractivity contribution in [2.45, 2.75) is 106 Å². The quantitative estimate of drug-likeness (QED) is 0.0695. The van der Waals surface area contributed by atoms with Crippen molar-refractivity contribution in [2.75, 3.05) is 0 Å². The Bertz CT molecular complexity index is 2010. The Morgan fingerprint density at radius 2 is 1.58 bits per heavy atom. The van der Waals surface area contributed by atoms with Crippen LogP contribution in [0.2, 0.25) is 19.6 Å². The number of aliphatic hydroxyl groups is 1. The summed E-state index contributed by atoms with van der Waals surface area (Å²) in [6.45, 7) is 24.1. The number of nitrogens with zero attached hydrogens (tertiary/aromatic N) is 1. The minimum atomic E-state index is -1.50. The fourth-order valence-corrected chi connectivity index (χ4v) is 9.72. The molecule has 259 valence electrons. The molecule has 0 amide bonds. The van der Waals surface area contributed by atoms with Crippen LogP contribution in [0.15, 0.2) is 66.5 Å². The minimum absolute atomic E-state index is 0. The van der Waals surface area contributed by atoms with Crippen molar-refractivity contribution in [3.05, 3.63) is 83.7 Å². The molecule has 5 rings (SSSR count). The Morgan fingerprint density at radius 1 is 0.958 bits per heavy atom. The number of carbonyl (C=O) groups excluding carboxylic acids is 1. The summed E-state index contributed by atoms with van der Waals surface area (Å²) in [6, 6.07) is 18.8. The number of benzene rings is 3. The number of aromatic nitrogens is 1. The van der Waals surface area contributed by atoms with Gasteiger partial charge in [0.1, 0.15) is 0 Å². The number of hydrogen-bond donors (Lipinski definition) is 1. The Labute approximate surface area is 310 Å². The molecule has 0 unspecified atom stereocenters. The van der Waals surface area contributed by atoms with E-state index in [9.17, 15) is 9.90 Å². The molecule has 3 nitrogen and oxygen atoms in total. The molecule has 0 saturated carbocycles. The normalized spacial score (nSPS) is 13.1. The molecule has 2 aromatic heterocycles. The zero-order chi connectivity index (χ0) is 36.4. The standard InChI is InChI=1S/C29H30NSSi.C13H24O2.Ir/c1-18-25(32(5,6)7)13-12-22-23-14-15-30-26(28(23)31-27(18)22)20-16-19-10-8-9-11-21(19)24(17-20)29(2,3)4;1-5-10(6-2)12(14)9-13(15)11(7-3)8-4;/h8-15,17H,1-7H3;9-11,14H,5-8H2,1-4H3;/q-1;;/b;12-9-;/i14D,15D;;. The molecule has 0 fully saturated rings. The first-order valence-corrected chi connectivity index (χ1v) is 21.5. The Morgan fingerprint density at radius 3 is 2.17 bits per heavy atom. The number of aliphatic hydroxyl groups excluding tert-OH is 1. The molecule has 0 spiro atoms. The van der Waals surface area contributed by atoms with Gasteiger partial charge in [0.05, 0.1) is 16.6 Å². The maximum atomic E-state index is 11.7. The van der Waals surface area contributed by atoms with Gasteiger partial charge in [-0.2, -0.15) is 0 Å². The molecule has 48 heavy (non-hydrogen) atoms. The summed E-state index contributed by atoms with van der Waals surface area (Å²) in [5.41, 5.74) is 4.17. The molecule has 6 heteroatoms. The van der Waals surface area contributed by atoms with E-state index in [0.29, 0.717) is 0 Å². The van der Waals surface area contributed by atoms with Gasteiger partial charge in [-0.1, -0.05) is 115 Å². The van der Waals surface area contributed by atoms with Crippen LogP contribution >= 0.6 is 11.3 Å². The maximum Gasteiger partial charge on any atom is 0.162 e. The van der Waals surface area contributed by atoms with E-state index in [2.05, 4.69) is 94.8 Å². The van der Waals surface area contributed by atoms with Crippen LogP contribution in [0.5, 0.6) is 0 Å². The minimum Gasteiger partial charge on any atom is -0.512 e. The summed E-state index contributed by atoms with van der Waals surface area (Å²) in [4.78, 5) is 16.4. The number of thiophene rings is 1. The smallest absolute Gasteiger partial charge is 0.162 e. The summed E-state index contributed by atoms with van der Waals surface area (Å²) >= 11 is 1.72. The second-order valence-electron chi connectivity index (χ2n) is 14.8. The van der Waals surface area contributed by atoms with Crippen molar-refractivity contribution >= 4 is 61.3 Å². The van der Waals surface area contributed by atoms with Gasteiger partial charge in [-0.25, -0.2) is 0 Å². The summed E-state index contributed by atoms with van der Waals surface area (Å²) < 4.78 is 19.5.